The van der Waals surface area contributed by atoms with Gasteiger partial charge >= 0.3 is 11.9 Å². The van der Waals surface area contributed by atoms with Crippen LogP contribution in [0, 0.1) is 10.8 Å². The first kappa shape index (κ1) is 15.4. The number of rotatable bonds is 5. The van der Waals surface area contributed by atoms with Gasteiger partial charge < -0.3 is 15.5 Å². The van der Waals surface area contributed by atoms with Crippen molar-refractivity contribution >= 4 is 17.8 Å². The second-order valence-electron chi connectivity index (χ2n) is 5.37. The zero-order chi connectivity index (χ0) is 13.9. The number of hydrogen-bond acceptors (Lipinski definition) is 3. The van der Waals surface area contributed by atoms with Crippen LogP contribution in [0.2, 0.25) is 0 Å². The maximum absolute atomic E-state index is 11.6. The van der Waals surface area contributed by atoms with E-state index in [-0.39, 0.29) is 12.5 Å². The third-order valence-corrected chi connectivity index (χ3v) is 2.38. The Bertz CT molecular complexity index is 331. The van der Waals surface area contributed by atoms with Crippen molar-refractivity contribution < 1.29 is 24.6 Å². The van der Waals surface area contributed by atoms with Crippen molar-refractivity contribution in [3.8, 4) is 0 Å². The van der Waals surface area contributed by atoms with Crippen LogP contribution >= 0.6 is 0 Å². The molecule has 0 aromatic rings. The van der Waals surface area contributed by atoms with Crippen molar-refractivity contribution in [1.82, 2.24) is 5.32 Å². The lowest BCUT2D eigenvalue weighted by molar-refractivity contribution is -0.154. The first-order chi connectivity index (χ1) is 7.49. The molecule has 0 aliphatic rings. The van der Waals surface area contributed by atoms with Gasteiger partial charge in [-0.1, -0.05) is 20.8 Å². The molecule has 0 saturated heterocycles. The van der Waals surface area contributed by atoms with Gasteiger partial charge in [0.1, 0.15) is 0 Å². The van der Waals surface area contributed by atoms with Crippen LogP contribution in [-0.2, 0) is 14.4 Å². The van der Waals surface area contributed by atoms with E-state index < -0.39 is 29.2 Å². The number of carboxylic acids is 2. The quantitative estimate of drug-likeness (QED) is 0.662. The minimum Gasteiger partial charge on any atom is -0.481 e. The molecule has 0 saturated carbocycles. The predicted molar refractivity (Wildman–Crippen MR) is 60.5 cm³/mol. The lowest BCUT2D eigenvalue weighted by atomic mass is 9.86. The van der Waals surface area contributed by atoms with Crippen molar-refractivity contribution in [3.63, 3.8) is 0 Å². The number of nitrogens with one attached hydrogen (secondary N) is 1. The molecule has 0 spiro atoms. The lowest BCUT2D eigenvalue weighted by Crippen LogP contribution is -2.45. The topological polar surface area (TPSA) is 104 Å². The third kappa shape index (κ3) is 4.84. The van der Waals surface area contributed by atoms with Crippen LogP contribution in [0.15, 0.2) is 0 Å². The van der Waals surface area contributed by atoms with Gasteiger partial charge in [-0.3, -0.25) is 14.4 Å². The van der Waals surface area contributed by atoms with Crippen LogP contribution in [0.25, 0.3) is 0 Å². The summed E-state index contributed by atoms with van der Waals surface area (Å²) in [6.07, 6.45) is -0.535. The van der Waals surface area contributed by atoms with Gasteiger partial charge in [0.15, 0.2) is 0 Å². The molecule has 0 bridgehead atoms. The Morgan fingerprint density at radius 2 is 1.53 bits per heavy atom. The van der Waals surface area contributed by atoms with E-state index in [0.29, 0.717) is 0 Å². The van der Waals surface area contributed by atoms with Crippen LogP contribution in [-0.4, -0.2) is 34.6 Å². The average molecular weight is 245 g/mol. The summed E-state index contributed by atoms with van der Waals surface area (Å²) >= 11 is 0. The summed E-state index contributed by atoms with van der Waals surface area (Å²) < 4.78 is 0. The van der Waals surface area contributed by atoms with Crippen molar-refractivity contribution in [1.29, 1.82) is 0 Å². The number of hydrogen-bond donors (Lipinski definition) is 3. The Labute approximate surface area is 100 Å². The van der Waals surface area contributed by atoms with Gasteiger partial charge in [-0.15, -0.1) is 0 Å². The molecule has 0 fully saturated rings. The van der Waals surface area contributed by atoms with Gasteiger partial charge in [0.2, 0.25) is 5.91 Å². The normalized spacial score (nSPS) is 14.8. The Morgan fingerprint density at radius 3 is 1.82 bits per heavy atom. The monoisotopic (exact) mass is 245 g/mol. The minimum atomic E-state index is -1.49. The van der Waals surface area contributed by atoms with E-state index in [1.807, 2.05) is 0 Å². The Kier molecular flexibility index (Phi) is 4.68. The van der Waals surface area contributed by atoms with Crippen molar-refractivity contribution in [2.75, 3.05) is 6.54 Å². The molecule has 6 nitrogen and oxygen atoms in total. The van der Waals surface area contributed by atoms with E-state index in [9.17, 15) is 14.4 Å². The van der Waals surface area contributed by atoms with E-state index in [4.69, 9.17) is 10.2 Å². The van der Waals surface area contributed by atoms with Crippen LogP contribution in [0.5, 0.6) is 0 Å². The van der Waals surface area contributed by atoms with E-state index in [1.54, 1.807) is 20.8 Å². The standard InChI is InChI=1S/C11H19NO5/c1-10(2,3)8(15)12-6-11(4,9(16)17)5-7(13)14/h5-6H2,1-4H3,(H,12,15)(H,13,14)(H,16,17). The van der Waals surface area contributed by atoms with Gasteiger partial charge in [-0.05, 0) is 6.92 Å². The maximum Gasteiger partial charge on any atom is 0.311 e. The largest absolute Gasteiger partial charge is 0.481 e. The van der Waals surface area contributed by atoms with Crippen LogP contribution < -0.4 is 5.32 Å². The summed E-state index contributed by atoms with van der Waals surface area (Å²) in [6.45, 7) is 6.17. The molecule has 0 aliphatic carbocycles. The Morgan fingerprint density at radius 1 is 1.06 bits per heavy atom. The highest BCUT2D eigenvalue weighted by Crippen LogP contribution is 2.22. The molecule has 1 atom stereocenters. The fourth-order valence-electron chi connectivity index (χ4n) is 1.09. The summed E-state index contributed by atoms with van der Waals surface area (Å²) in [7, 11) is 0. The zero-order valence-corrected chi connectivity index (χ0v) is 10.5. The van der Waals surface area contributed by atoms with Crippen LogP contribution in [0.4, 0.5) is 0 Å². The number of carboxylic acid groups (broad SMARTS) is 2. The molecule has 0 radical (unpaired) electrons. The second kappa shape index (κ2) is 5.16. The number of carbonyl (C=O) groups excluding carboxylic acids is 1. The maximum atomic E-state index is 11.6. The molecular formula is C11H19NO5. The molecular weight excluding hydrogens is 226 g/mol. The summed E-state index contributed by atoms with van der Waals surface area (Å²) in [4.78, 5) is 33.2. The molecule has 0 aromatic carbocycles. The van der Waals surface area contributed by atoms with Crippen LogP contribution in [0.1, 0.15) is 34.1 Å². The van der Waals surface area contributed by atoms with E-state index in [2.05, 4.69) is 5.32 Å². The molecule has 98 valence electrons. The number of aliphatic carboxylic acids is 2. The minimum absolute atomic E-state index is 0.204. The molecule has 0 rings (SSSR count). The molecule has 0 aromatic heterocycles. The predicted octanol–water partition coefficient (Wildman–Crippen LogP) is 0.714. The SMILES string of the molecule is CC(C)(C)C(=O)NCC(C)(CC(=O)O)C(=O)O. The molecule has 1 unspecified atom stereocenters. The van der Waals surface area contributed by atoms with Crippen molar-refractivity contribution in [3.05, 3.63) is 0 Å². The smallest absolute Gasteiger partial charge is 0.311 e. The molecule has 17 heavy (non-hydrogen) atoms. The zero-order valence-electron chi connectivity index (χ0n) is 10.5. The fraction of sp³-hybridized carbons (Fsp3) is 0.727. The molecule has 0 aliphatic heterocycles. The molecule has 0 heterocycles. The second-order valence-corrected chi connectivity index (χ2v) is 5.37. The molecule has 3 N–H and O–H groups in total. The highest BCUT2D eigenvalue weighted by atomic mass is 16.4. The highest BCUT2D eigenvalue weighted by molar-refractivity contribution is 5.84. The summed E-state index contributed by atoms with van der Waals surface area (Å²) in [5, 5.41) is 20.1. The summed E-state index contributed by atoms with van der Waals surface area (Å²) in [5.74, 6) is -2.76. The van der Waals surface area contributed by atoms with Crippen molar-refractivity contribution in [2.45, 2.75) is 34.1 Å². The van der Waals surface area contributed by atoms with Gasteiger partial charge in [0, 0.05) is 12.0 Å². The average Bonchev–Trinajstić information content (AvgIpc) is 2.11. The summed E-state index contributed by atoms with van der Waals surface area (Å²) in [6, 6.07) is 0. The molecule has 6 heteroatoms. The van der Waals surface area contributed by atoms with Crippen LogP contribution in [0.3, 0.4) is 0 Å². The van der Waals surface area contributed by atoms with E-state index in [1.165, 1.54) is 6.92 Å². The molecule has 1 amide bonds. The number of amides is 1. The lowest BCUT2D eigenvalue weighted by Gasteiger charge is -2.25. The first-order valence-corrected chi connectivity index (χ1v) is 5.22. The Hall–Kier alpha value is -1.59. The van der Waals surface area contributed by atoms with Gasteiger partial charge in [-0.25, -0.2) is 0 Å². The van der Waals surface area contributed by atoms with Gasteiger partial charge in [0.05, 0.1) is 11.8 Å². The van der Waals surface area contributed by atoms with Gasteiger partial charge in [-0.2, -0.15) is 0 Å². The highest BCUT2D eigenvalue weighted by Gasteiger charge is 2.37. The van der Waals surface area contributed by atoms with E-state index >= 15 is 0 Å². The Balaban J connectivity index is 4.64. The van der Waals surface area contributed by atoms with Crippen molar-refractivity contribution in [2.24, 2.45) is 10.8 Å². The first-order valence-electron chi connectivity index (χ1n) is 5.22. The summed E-state index contributed by atoms with van der Waals surface area (Å²) in [5.41, 5.74) is -2.13. The number of carbonyl (C=O) groups is 3. The van der Waals surface area contributed by atoms with E-state index in [0.717, 1.165) is 0 Å². The fourth-order valence-corrected chi connectivity index (χ4v) is 1.09. The van der Waals surface area contributed by atoms with Gasteiger partial charge in [0.25, 0.3) is 0 Å². The third-order valence-electron chi connectivity index (χ3n) is 2.38.